The molecule has 2 N–H and O–H groups in total. The van der Waals surface area contributed by atoms with Crippen LogP contribution in [0.5, 0.6) is 11.5 Å². The van der Waals surface area contributed by atoms with Gasteiger partial charge in [0.15, 0.2) is 0 Å². The molecule has 5 nitrogen and oxygen atoms in total. The van der Waals surface area contributed by atoms with Gasteiger partial charge in [-0.2, -0.15) is 0 Å². The molecule has 1 aliphatic rings. The zero-order valence-corrected chi connectivity index (χ0v) is 12.2. The number of ether oxygens (including phenoxy) is 2. The zero-order chi connectivity index (χ0) is 14.5. The molecule has 1 aromatic rings. The average Bonchev–Trinajstić information content (AvgIpc) is 2.48. The lowest BCUT2D eigenvalue weighted by Gasteiger charge is -2.30. The summed E-state index contributed by atoms with van der Waals surface area (Å²) in [5.41, 5.74) is 0.533. The van der Waals surface area contributed by atoms with Crippen LogP contribution in [-0.4, -0.2) is 38.8 Å². The number of methoxy groups -OCH3 is 2. The van der Waals surface area contributed by atoms with Crippen LogP contribution in [0.4, 0.5) is 0 Å². The minimum absolute atomic E-state index is 0.106. The maximum Gasteiger partial charge on any atom is 0.255 e. The van der Waals surface area contributed by atoms with E-state index in [-0.39, 0.29) is 18.0 Å². The molecule has 0 spiro atoms. The first-order valence-electron chi connectivity index (χ1n) is 6.92. The molecular weight excluding hydrogens is 256 g/mol. The van der Waals surface area contributed by atoms with Gasteiger partial charge in [0.25, 0.3) is 5.91 Å². The van der Waals surface area contributed by atoms with Crippen molar-refractivity contribution in [1.82, 2.24) is 10.6 Å². The van der Waals surface area contributed by atoms with Crippen molar-refractivity contribution in [3.63, 3.8) is 0 Å². The molecule has 0 saturated carbocycles. The highest BCUT2D eigenvalue weighted by molar-refractivity contribution is 5.97. The van der Waals surface area contributed by atoms with Gasteiger partial charge in [0.1, 0.15) is 11.5 Å². The quantitative estimate of drug-likeness (QED) is 0.878. The first kappa shape index (κ1) is 14.7. The number of benzene rings is 1. The van der Waals surface area contributed by atoms with E-state index in [2.05, 4.69) is 17.6 Å². The molecule has 1 heterocycles. The van der Waals surface area contributed by atoms with E-state index >= 15 is 0 Å². The summed E-state index contributed by atoms with van der Waals surface area (Å²) in [6, 6.07) is 5.66. The normalized spacial score (nSPS) is 22.1. The van der Waals surface area contributed by atoms with Gasteiger partial charge < -0.3 is 20.1 Å². The molecule has 110 valence electrons. The van der Waals surface area contributed by atoms with Crippen molar-refractivity contribution in [3.05, 3.63) is 23.8 Å². The molecular formula is C15H22N2O3. The van der Waals surface area contributed by atoms with Crippen LogP contribution in [0.3, 0.4) is 0 Å². The minimum atomic E-state index is -0.106. The summed E-state index contributed by atoms with van der Waals surface area (Å²) in [6.45, 7) is 3.11. The first-order valence-corrected chi connectivity index (χ1v) is 6.92. The summed E-state index contributed by atoms with van der Waals surface area (Å²) in [5.74, 6) is 1.09. The van der Waals surface area contributed by atoms with Gasteiger partial charge >= 0.3 is 0 Å². The third-order valence-electron chi connectivity index (χ3n) is 3.73. The smallest absolute Gasteiger partial charge is 0.255 e. The Labute approximate surface area is 119 Å². The fourth-order valence-electron chi connectivity index (χ4n) is 2.47. The van der Waals surface area contributed by atoms with Crippen LogP contribution in [0.25, 0.3) is 0 Å². The number of carbonyl (C=O) groups excluding carboxylic acids is 1. The molecule has 5 heteroatoms. The highest BCUT2D eigenvalue weighted by Gasteiger charge is 2.24. The maximum absolute atomic E-state index is 12.4. The van der Waals surface area contributed by atoms with Gasteiger partial charge in [-0.15, -0.1) is 0 Å². The molecule has 1 aromatic carbocycles. The predicted molar refractivity (Wildman–Crippen MR) is 77.5 cm³/mol. The summed E-state index contributed by atoms with van der Waals surface area (Å²) in [6.07, 6.45) is 2.08. The Morgan fingerprint density at radius 1 is 1.35 bits per heavy atom. The van der Waals surface area contributed by atoms with E-state index in [0.717, 1.165) is 19.4 Å². The second kappa shape index (κ2) is 6.61. The van der Waals surface area contributed by atoms with E-state index in [1.165, 1.54) is 0 Å². The molecule has 0 aromatic heterocycles. The fraction of sp³-hybridized carbons (Fsp3) is 0.533. The summed E-state index contributed by atoms with van der Waals surface area (Å²) in [7, 11) is 3.14. The Morgan fingerprint density at radius 2 is 2.15 bits per heavy atom. The highest BCUT2D eigenvalue weighted by atomic mass is 16.5. The highest BCUT2D eigenvalue weighted by Crippen LogP contribution is 2.24. The predicted octanol–water partition coefficient (Wildman–Crippen LogP) is 1.57. The Morgan fingerprint density at radius 3 is 2.80 bits per heavy atom. The van der Waals surface area contributed by atoms with Crippen molar-refractivity contribution in [2.75, 3.05) is 20.8 Å². The van der Waals surface area contributed by atoms with Crippen molar-refractivity contribution >= 4 is 5.91 Å². The van der Waals surface area contributed by atoms with Crippen LogP contribution in [0.2, 0.25) is 0 Å². The van der Waals surface area contributed by atoms with Crippen molar-refractivity contribution < 1.29 is 14.3 Å². The number of nitrogens with one attached hydrogen (secondary N) is 2. The third-order valence-corrected chi connectivity index (χ3v) is 3.73. The molecule has 0 bridgehead atoms. The number of amides is 1. The van der Waals surface area contributed by atoms with E-state index in [4.69, 9.17) is 9.47 Å². The summed E-state index contributed by atoms with van der Waals surface area (Å²) in [4.78, 5) is 12.4. The van der Waals surface area contributed by atoms with Crippen LogP contribution < -0.4 is 20.1 Å². The lowest BCUT2D eigenvalue weighted by molar-refractivity contribution is 0.0916. The topological polar surface area (TPSA) is 59.6 Å². The van der Waals surface area contributed by atoms with E-state index in [0.29, 0.717) is 17.1 Å². The number of piperidine rings is 1. The van der Waals surface area contributed by atoms with E-state index in [1.807, 2.05) is 0 Å². The van der Waals surface area contributed by atoms with Gasteiger partial charge in [0.2, 0.25) is 0 Å². The van der Waals surface area contributed by atoms with E-state index in [1.54, 1.807) is 32.4 Å². The van der Waals surface area contributed by atoms with Crippen LogP contribution >= 0.6 is 0 Å². The molecule has 1 aliphatic heterocycles. The molecule has 1 fully saturated rings. The van der Waals surface area contributed by atoms with Gasteiger partial charge in [-0.25, -0.2) is 0 Å². The number of carbonyl (C=O) groups is 1. The van der Waals surface area contributed by atoms with Gasteiger partial charge in [0, 0.05) is 18.2 Å². The SMILES string of the molecule is COc1ccc(C(=O)NC2CCCNC2C)c(OC)c1. The standard InChI is InChI=1S/C15H22N2O3/c1-10-13(5-4-8-16-10)17-15(18)12-7-6-11(19-2)9-14(12)20-3/h6-7,9-10,13,16H,4-5,8H2,1-3H3,(H,17,18). The van der Waals surface area contributed by atoms with Crippen LogP contribution in [0, 0.1) is 0 Å². The zero-order valence-electron chi connectivity index (χ0n) is 12.2. The number of rotatable bonds is 4. The van der Waals surface area contributed by atoms with Crippen molar-refractivity contribution in [2.45, 2.75) is 31.8 Å². The second-order valence-corrected chi connectivity index (χ2v) is 5.03. The summed E-state index contributed by atoms with van der Waals surface area (Å²) < 4.78 is 10.4. The van der Waals surface area contributed by atoms with Gasteiger partial charge in [-0.1, -0.05) is 0 Å². The third kappa shape index (κ3) is 3.22. The largest absolute Gasteiger partial charge is 0.497 e. The summed E-state index contributed by atoms with van der Waals surface area (Å²) >= 11 is 0. The van der Waals surface area contributed by atoms with Crippen LogP contribution in [-0.2, 0) is 0 Å². The molecule has 2 rings (SSSR count). The van der Waals surface area contributed by atoms with Crippen LogP contribution in [0.1, 0.15) is 30.1 Å². The van der Waals surface area contributed by atoms with Crippen molar-refractivity contribution in [3.8, 4) is 11.5 Å². The van der Waals surface area contributed by atoms with Crippen LogP contribution in [0.15, 0.2) is 18.2 Å². The minimum Gasteiger partial charge on any atom is -0.497 e. The van der Waals surface area contributed by atoms with E-state index in [9.17, 15) is 4.79 Å². The molecule has 1 saturated heterocycles. The molecule has 2 atom stereocenters. The maximum atomic E-state index is 12.4. The Hall–Kier alpha value is -1.75. The monoisotopic (exact) mass is 278 g/mol. The van der Waals surface area contributed by atoms with E-state index < -0.39 is 0 Å². The van der Waals surface area contributed by atoms with Crippen molar-refractivity contribution in [2.24, 2.45) is 0 Å². The lowest BCUT2D eigenvalue weighted by atomic mass is 9.99. The molecule has 1 amide bonds. The van der Waals surface area contributed by atoms with Crippen molar-refractivity contribution in [1.29, 1.82) is 0 Å². The number of hydrogen-bond donors (Lipinski definition) is 2. The van der Waals surface area contributed by atoms with Gasteiger partial charge in [0.05, 0.1) is 19.8 Å². The van der Waals surface area contributed by atoms with Gasteiger partial charge in [-0.05, 0) is 38.4 Å². The molecule has 0 aliphatic carbocycles. The fourth-order valence-corrected chi connectivity index (χ4v) is 2.47. The molecule has 0 radical (unpaired) electrons. The Kier molecular flexibility index (Phi) is 4.84. The molecule has 20 heavy (non-hydrogen) atoms. The first-order chi connectivity index (χ1) is 9.65. The Balaban J connectivity index is 2.12. The second-order valence-electron chi connectivity index (χ2n) is 5.03. The lowest BCUT2D eigenvalue weighted by Crippen LogP contribution is -2.51. The Bertz CT molecular complexity index is 476. The number of hydrogen-bond acceptors (Lipinski definition) is 4. The van der Waals surface area contributed by atoms with Gasteiger partial charge in [-0.3, -0.25) is 4.79 Å². The molecule has 2 unspecified atom stereocenters. The summed E-state index contributed by atoms with van der Waals surface area (Å²) in [5, 5.41) is 6.44. The average molecular weight is 278 g/mol.